The van der Waals surface area contributed by atoms with Crippen LogP contribution in [0.25, 0.3) is 0 Å². The number of piperidine rings is 1. The SMILES string of the molecule is Cn1c(SCCN2CCCC2)nnc1[C@@H]1CCCN(CC2CCCCC2)C1. The average molecular weight is 392 g/mol. The summed E-state index contributed by atoms with van der Waals surface area (Å²) in [6.07, 6.45) is 12.6. The van der Waals surface area contributed by atoms with E-state index in [0.717, 1.165) is 16.8 Å². The van der Waals surface area contributed by atoms with Gasteiger partial charge in [-0.25, -0.2) is 0 Å². The van der Waals surface area contributed by atoms with Crippen LogP contribution in [0.4, 0.5) is 0 Å². The van der Waals surface area contributed by atoms with Gasteiger partial charge < -0.3 is 14.4 Å². The molecule has 0 aromatic carbocycles. The summed E-state index contributed by atoms with van der Waals surface area (Å²) in [6.45, 7) is 7.52. The van der Waals surface area contributed by atoms with Crippen LogP contribution in [-0.2, 0) is 7.05 Å². The van der Waals surface area contributed by atoms with Crippen LogP contribution in [0, 0.1) is 5.92 Å². The molecule has 0 amide bonds. The van der Waals surface area contributed by atoms with E-state index >= 15 is 0 Å². The molecule has 1 saturated carbocycles. The molecule has 0 bridgehead atoms. The summed E-state index contributed by atoms with van der Waals surface area (Å²) < 4.78 is 2.28. The number of hydrogen-bond acceptors (Lipinski definition) is 5. The van der Waals surface area contributed by atoms with Gasteiger partial charge in [0.25, 0.3) is 0 Å². The Labute approximate surface area is 169 Å². The number of thioether (sulfide) groups is 1. The molecule has 3 fully saturated rings. The van der Waals surface area contributed by atoms with Crippen molar-refractivity contribution < 1.29 is 0 Å². The van der Waals surface area contributed by atoms with Crippen molar-refractivity contribution in [2.75, 3.05) is 45.0 Å². The van der Waals surface area contributed by atoms with Gasteiger partial charge >= 0.3 is 0 Å². The molecule has 3 heterocycles. The molecule has 0 radical (unpaired) electrons. The fourth-order valence-corrected chi connectivity index (χ4v) is 6.16. The molecule has 0 spiro atoms. The van der Waals surface area contributed by atoms with Gasteiger partial charge in [-0.05, 0) is 64.1 Å². The normalized spacial score (nSPS) is 26.0. The first kappa shape index (κ1) is 19.7. The van der Waals surface area contributed by atoms with Crippen molar-refractivity contribution in [1.82, 2.24) is 24.6 Å². The molecule has 1 atom stereocenters. The molecular formula is C21H37N5S. The van der Waals surface area contributed by atoms with Crippen LogP contribution < -0.4 is 0 Å². The standard InChI is InChI=1S/C21H37N5S/c1-24-20(22-23-21(24)27-15-14-25-11-5-6-12-25)19-10-7-13-26(17-19)16-18-8-3-2-4-9-18/h18-19H,2-17H2,1H3/t19-/m1/s1. The summed E-state index contributed by atoms with van der Waals surface area (Å²) in [5.41, 5.74) is 0. The Kier molecular flexibility index (Phi) is 7.12. The molecule has 5 nitrogen and oxygen atoms in total. The molecule has 152 valence electrons. The van der Waals surface area contributed by atoms with Gasteiger partial charge in [0, 0.05) is 38.4 Å². The molecule has 0 unspecified atom stereocenters. The number of aromatic nitrogens is 3. The van der Waals surface area contributed by atoms with Crippen LogP contribution in [0.1, 0.15) is 69.5 Å². The zero-order valence-electron chi connectivity index (χ0n) is 17.1. The first-order valence-electron chi connectivity index (χ1n) is 11.3. The smallest absolute Gasteiger partial charge is 0.191 e. The zero-order valence-corrected chi connectivity index (χ0v) is 17.9. The highest BCUT2D eigenvalue weighted by molar-refractivity contribution is 7.99. The minimum atomic E-state index is 0.563. The lowest BCUT2D eigenvalue weighted by molar-refractivity contribution is 0.157. The largest absolute Gasteiger partial charge is 0.309 e. The monoisotopic (exact) mass is 391 g/mol. The quantitative estimate of drug-likeness (QED) is 0.662. The molecule has 3 aliphatic rings. The van der Waals surface area contributed by atoms with Gasteiger partial charge in [-0.3, -0.25) is 0 Å². The van der Waals surface area contributed by atoms with Gasteiger partial charge in [0.2, 0.25) is 0 Å². The van der Waals surface area contributed by atoms with E-state index < -0.39 is 0 Å². The van der Waals surface area contributed by atoms with E-state index in [4.69, 9.17) is 0 Å². The molecule has 1 aromatic heterocycles. The molecule has 4 rings (SSSR count). The Hall–Kier alpha value is -0.590. The van der Waals surface area contributed by atoms with Gasteiger partial charge in [-0.1, -0.05) is 31.0 Å². The Balaban J connectivity index is 1.28. The lowest BCUT2D eigenvalue weighted by atomic mass is 9.88. The maximum Gasteiger partial charge on any atom is 0.191 e. The van der Waals surface area contributed by atoms with E-state index in [0.29, 0.717) is 5.92 Å². The van der Waals surface area contributed by atoms with Crippen LogP contribution in [0.3, 0.4) is 0 Å². The van der Waals surface area contributed by atoms with Crippen molar-refractivity contribution >= 4 is 11.8 Å². The van der Waals surface area contributed by atoms with Crippen molar-refractivity contribution in [1.29, 1.82) is 0 Å². The van der Waals surface area contributed by atoms with Crippen LogP contribution in [0.2, 0.25) is 0 Å². The first-order valence-corrected chi connectivity index (χ1v) is 12.2. The van der Waals surface area contributed by atoms with E-state index in [2.05, 4.69) is 31.6 Å². The van der Waals surface area contributed by atoms with E-state index in [1.807, 2.05) is 11.8 Å². The van der Waals surface area contributed by atoms with E-state index in [9.17, 15) is 0 Å². The van der Waals surface area contributed by atoms with E-state index in [1.165, 1.54) is 103 Å². The van der Waals surface area contributed by atoms with Gasteiger partial charge in [-0.15, -0.1) is 10.2 Å². The highest BCUT2D eigenvalue weighted by atomic mass is 32.2. The van der Waals surface area contributed by atoms with Gasteiger partial charge in [0.05, 0.1) is 0 Å². The summed E-state index contributed by atoms with van der Waals surface area (Å²) in [5.74, 6) is 3.85. The second-order valence-electron chi connectivity index (χ2n) is 8.90. The van der Waals surface area contributed by atoms with E-state index in [-0.39, 0.29) is 0 Å². The molecule has 2 saturated heterocycles. The lowest BCUT2D eigenvalue weighted by Crippen LogP contribution is -2.38. The van der Waals surface area contributed by atoms with Gasteiger partial charge in [0.15, 0.2) is 5.16 Å². The summed E-state index contributed by atoms with van der Waals surface area (Å²) in [5, 5.41) is 10.3. The minimum Gasteiger partial charge on any atom is -0.309 e. The molecule has 0 N–H and O–H groups in total. The van der Waals surface area contributed by atoms with Gasteiger partial charge in [-0.2, -0.15) is 0 Å². The fourth-order valence-electron chi connectivity index (χ4n) is 5.25. The fraction of sp³-hybridized carbons (Fsp3) is 0.905. The molecule has 2 aliphatic heterocycles. The van der Waals surface area contributed by atoms with Crippen LogP contribution in [0.15, 0.2) is 5.16 Å². The zero-order chi connectivity index (χ0) is 18.5. The summed E-state index contributed by atoms with van der Waals surface area (Å²) >= 11 is 1.88. The Bertz CT molecular complexity index is 577. The number of hydrogen-bond donors (Lipinski definition) is 0. The predicted octanol–water partition coefficient (Wildman–Crippen LogP) is 3.76. The molecule has 1 aliphatic carbocycles. The lowest BCUT2D eigenvalue weighted by Gasteiger charge is -2.35. The number of rotatable bonds is 7. The summed E-state index contributed by atoms with van der Waals surface area (Å²) in [6, 6.07) is 0. The second kappa shape index (κ2) is 9.75. The van der Waals surface area contributed by atoms with Gasteiger partial charge in [0.1, 0.15) is 5.82 Å². The maximum absolute atomic E-state index is 4.62. The predicted molar refractivity (Wildman–Crippen MR) is 112 cm³/mol. The van der Waals surface area contributed by atoms with Crippen molar-refractivity contribution in [3.8, 4) is 0 Å². The van der Waals surface area contributed by atoms with Crippen LogP contribution in [0.5, 0.6) is 0 Å². The third-order valence-electron chi connectivity index (χ3n) is 6.82. The highest BCUT2D eigenvalue weighted by Crippen LogP contribution is 2.30. The molecule has 1 aromatic rings. The Morgan fingerprint density at radius 2 is 1.67 bits per heavy atom. The maximum atomic E-state index is 4.62. The Morgan fingerprint density at radius 1 is 0.889 bits per heavy atom. The third kappa shape index (κ3) is 5.27. The number of likely N-dealkylation sites (tertiary alicyclic amines) is 2. The first-order chi connectivity index (χ1) is 13.3. The molecular weight excluding hydrogens is 354 g/mol. The Morgan fingerprint density at radius 3 is 2.48 bits per heavy atom. The van der Waals surface area contributed by atoms with E-state index in [1.54, 1.807) is 0 Å². The third-order valence-corrected chi connectivity index (χ3v) is 7.82. The number of nitrogens with zero attached hydrogens (tertiary/aromatic N) is 5. The van der Waals surface area contributed by atoms with Crippen LogP contribution >= 0.6 is 11.8 Å². The van der Waals surface area contributed by atoms with Crippen molar-refractivity contribution in [3.05, 3.63) is 5.82 Å². The highest BCUT2D eigenvalue weighted by Gasteiger charge is 2.27. The van der Waals surface area contributed by atoms with Crippen molar-refractivity contribution in [3.63, 3.8) is 0 Å². The molecule has 6 heteroatoms. The topological polar surface area (TPSA) is 37.2 Å². The van der Waals surface area contributed by atoms with Crippen molar-refractivity contribution in [2.24, 2.45) is 13.0 Å². The average Bonchev–Trinajstić information content (AvgIpc) is 3.33. The minimum absolute atomic E-state index is 0.563. The second-order valence-corrected chi connectivity index (χ2v) is 9.96. The van der Waals surface area contributed by atoms with Crippen LogP contribution in [-0.4, -0.2) is 69.6 Å². The summed E-state index contributed by atoms with van der Waals surface area (Å²) in [7, 11) is 2.17. The summed E-state index contributed by atoms with van der Waals surface area (Å²) in [4.78, 5) is 5.30. The molecule has 27 heavy (non-hydrogen) atoms. The van der Waals surface area contributed by atoms with Crippen molar-refractivity contribution in [2.45, 2.75) is 68.9 Å².